The number of rotatable bonds is 9. The molecule has 0 aromatic heterocycles. The molecular formula is C18H19IN2O4S. The van der Waals surface area contributed by atoms with Gasteiger partial charge in [-0.1, -0.05) is 18.2 Å². The highest BCUT2D eigenvalue weighted by Gasteiger charge is 2.10. The van der Waals surface area contributed by atoms with Crippen molar-refractivity contribution in [1.29, 1.82) is 0 Å². The third-order valence-electron chi connectivity index (χ3n) is 3.23. The quantitative estimate of drug-likeness (QED) is 0.422. The average molecular weight is 486 g/mol. The first-order chi connectivity index (χ1) is 12.4. The molecular weight excluding hydrogens is 467 g/mol. The summed E-state index contributed by atoms with van der Waals surface area (Å²) in [6.45, 7) is 3.55. The van der Waals surface area contributed by atoms with E-state index in [1.807, 2.05) is 12.1 Å². The van der Waals surface area contributed by atoms with Crippen LogP contribution in [0.25, 0.3) is 0 Å². The zero-order valence-electron chi connectivity index (χ0n) is 13.9. The van der Waals surface area contributed by atoms with Crippen LogP contribution in [0.5, 0.6) is 5.75 Å². The lowest BCUT2D eigenvalue weighted by molar-refractivity contribution is -0.118. The molecule has 1 amide bonds. The summed E-state index contributed by atoms with van der Waals surface area (Å²) in [6.07, 6.45) is 1.48. The highest BCUT2D eigenvalue weighted by molar-refractivity contribution is 14.1. The van der Waals surface area contributed by atoms with Crippen molar-refractivity contribution in [2.75, 3.05) is 18.5 Å². The van der Waals surface area contributed by atoms with Crippen LogP contribution in [-0.4, -0.2) is 27.5 Å². The second-order valence-electron chi connectivity index (χ2n) is 5.38. The summed E-state index contributed by atoms with van der Waals surface area (Å²) in [5.74, 6) is 0.190. The lowest BCUT2D eigenvalue weighted by Crippen LogP contribution is -2.25. The molecule has 0 aliphatic rings. The minimum absolute atomic E-state index is 0.109. The van der Waals surface area contributed by atoms with E-state index in [2.05, 4.69) is 39.2 Å². The summed E-state index contributed by atoms with van der Waals surface area (Å²) < 4.78 is 32.5. The molecule has 0 heterocycles. The van der Waals surface area contributed by atoms with E-state index < -0.39 is 10.0 Å². The number of sulfonamides is 1. The van der Waals surface area contributed by atoms with Gasteiger partial charge in [0.05, 0.1) is 5.75 Å². The number of benzene rings is 2. The summed E-state index contributed by atoms with van der Waals surface area (Å²) in [5, 5.41) is 2.70. The van der Waals surface area contributed by atoms with Crippen LogP contribution in [0.3, 0.4) is 0 Å². The van der Waals surface area contributed by atoms with Gasteiger partial charge in [0, 0.05) is 15.8 Å². The fourth-order valence-corrected chi connectivity index (χ4v) is 3.48. The van der Waals surface area contributed by atoms with E-state index in [1.165, 1.54) is 6.08 Å². The van der Waals surface area contributed by atoms with Gasteiger partial charge in [-0.3, -0.25) is 4.79 Å². The van der Waals surface area contributed by atoms with Crippen molar-refractivity contribution in [3.05, 3.63) is 70.3 Å². The lowest BCUT2D eigenvalue weighted by atomic mass is 10.2. The van der Waals surface area contributed by atoms with Gasteiger partial charge in [0.2, 0.25) is 10.0 Å². The second kappa shape index (κ2) is 9.70. The molecule has 0 radical (unpaired) electrons. The van der Waals surface area contributed by atoms with Gasteiger partial charge in [0.25, 0.3) is 5.91 Å². The summed E-state index contributed by atoms with van der Waals surface area (Å²) in [7, 11) is -3.40. The summed E-state index contributed by atoms with van der Waals surface area (Å²) in [6, 6.07) is 14.0. The molecule has 0 bridgehead atoms. The Morgan fingerprint density at radius 3 is 2.38 bits per heavy atom. The van der Waals surface area contributed by atoms with E-state index in [0.717, 1.165) is 3.57 Å². The fourth-order valence-electron chi connectivity index (χ4n) is 2.02. The van der Waals surface area contributed by atoms with Crippen molar-refractivity contribution in [2.45, 2.75) is 5.75 Å². The largest absolute Gasteiger partial charge is 0.484 e. The van der Waals surface area contributed by atoms with Gasteiger partial charge in [-0.25, -0.2) is 13.1 Å². The molecule has 0 saturated heterocycles. The molecule has 0 atom stereocenters. The molecule has 0 fully saturated rings. The second-order valence-corrected chi connectivity index (χ2v) is 8.44. The zero-order chi connectivity index (χ0) is 19.0. The van der Waals surface area contributed by atoms with E-state index in [1.54, 1.807) is 36.4 Å². The third kappa shape index (κ3) is 7.14. The number of anilines is 1. The first kappa shape index (κ1) is 20.4. The molecule has 6 nitrogen and oxygen atoms in total. The molecule has 0 spiro atoms. The average Bonchev–Trinajstić information content (AvgIpc) is 2.61. The maximum atomic E-state index is 11.9. The van der Waals surface area contributed by atoms with Gasteiger partial charge in [0.15, 0.2) is 6.61 Å². The Bertz CT molecular complexity index is 850. The standard InChI is InChI=1S/C18H19IN2O4S/c1-2-11-20-26(23,24)13-14-3-7-16(8-4-14)21-18(22)12-25-17-9-5-15(19)6-10-17/h2-10,20H,1,11-13H2,(H,21,22). The molecule has 0 unspecified atom stereocenters. The van der Waals surface area contributed by atoms with Gasteiger partial charge in [-0.15, -0.1) is 6.58 Å². The lowest BCUT2D eigenvalue weighted by Gasteiger charge is -2.09. The third-order valence-corrected chi connectivity index (χ3v) is 5.26. The number of hydrogen-bond donors (Lipinski definition) is 2. The number of carbonyl (C=O) groups excluding carboxylic acids is 1. The molecule has 2 N–H and O–H groups in total. The molecule has 2 aromatic rings. The van der Waals surface area contributed by atoms with Crippen molar-refractivity contribution in [3.8, 4) is 5.75 Å². The summed E-state index contributed by atoms with van der Waals surface area (Å²) in [4.78, 5) is 11.9. The van der Waals surface area contributed by atoms with Crippen molar-refractivity contribution >= 4 is 44.2 Å². The van der Waals surface area contributed by atoms with Crippen molar-refractivity contribution in [3.63, 3.8) is 0 Å². The minimum Gasteiger partial charge on any atom is -0.484 e. The van der Waals surface area contributed by atoms with E-state index in [4.69, 9.17) is 4.74 Å². The zero-order valence-corrected chi connectivity index (χ0v) is 16.9. The Balaban J connectivity index is 1.85. The predicted octanol–water partition coefficient (Wildman–Crippen LogP) is 2.91. The van der Waals surface area contributed by atoms with Crippen LogP contribution in [0.1, 0.15) is 5.56 Å². The van der Waals surface area contributed by atoms with E-state index in [0.29, 0.717) is 17.0 Å². The van der Waals surface area contributed by atoms with Gasteiger partial charge in [-0.05, 0) is 64.6 Å². The Hall–Kier alpha value is -1.91. The molecule has 2 rings (SSSR count). The number of amides is 1. The molecule has 2 aromatic carbocycles. The smallest absolute Gasteiger partial charge is 0.262 e. The Kier molecular flexibility index (Phi) is 7.61. The van der Waals surface area contributed by atoms with Crippen LogP contribution in [0.4, 0.5) is 5.69 Å². The fraction of sp³-hybridized carbons (Fsp3) is 0.167. The van der Waals surface area contributed by atoms with E-state index in [9.17, 15) is 13.2 Å². The van der Waals surface area contributed by atoms with Gasteiger partial charge in [0.1, 0.15) is 5.75 Å². The number of hydrogen-bond acceptors (Lipinski definition) is 4. The SMILES string of the molecule is C=CCNS(=O)(=O)Cc1ccc(NC(=O)COc2ccc(I)cc2)cc1. The van der Waals surface area contributed by atoms with Crippen molar-refractivity contribution < 1.29 is 17.9 Å². The Morgan fingerprint density at radius 1 is 1.12 bits per heavy atom. The summed E-state index contributed by atoms with van der Waals surface area (Å²) in [5.41, 5.74) is 1.19. The number of carbonyl (C=O) groups is 1. The van der Waals surface area contributed by atoms with E-state index >= 15 is 0 Å². The number of ether oxygens (including phenoxy) is 1. The van der Waals surface area contributed by atoms with Crippen LogP contribution < -0.4 is 14.8 Å². The highest BCUT2D eigenvalue weighted by atomic mass is 127. The van der Waals surface area contributed by atoms with Crippen molar-refractivity contribution in [2.24, 2.45) is 0 Å². The topological polar surface area (TPSA) is 84.5 Å². The maximum Gasteiger partial charge on any atom is 0.262 e. The highest BCUT2D eigenvalue weighted by Crippen LogP contribution is 2.14. The summed E-state index contributed by atoms with van der Waals surface area (Å²) >= 11 is 2.19. The van der Waals surface area contributed by atoms with Crippen LogP contribution in [0.15, 0.2) is 61.2 Å². The maximum absolute atomic E-state index is 11.9. The normalized spacial score (nSPS) is 11.0. The van der Waals surface area contributed by atoms with Gasteiger partial charge >= 0.3 is 0 Å². The number of nitrogens with one attached hydrogen (secondary N) is 2. The van der Waals surface area contributed by atoms with Crippen LogP contribution >= 0.6 is 22.6 Å². The Labute approximate surface area is 166 Å². The van der Waals surface area contributed by atoms with Gasteiger partial charge < -0.3 is 10.1 Å². The molecule has 26 heavy (non-hydrogen) atoms. The van der Waals surface area contributed by atoms with E-state index in [-0.39, 0.29) is 24.8 Å². The minimum atomic E-state index is -3.40. The van der Waals surface area contributed by atoms with Crippen LogP contribution in [-0.2, 0) is 20.6 Å². The molecule has 0 aliphatic carbocycles. The predicted molar refractivity (Wildman–Crippen MR) is 111 cm³/mol. The Morgan fingerprint density at radius 2 is 1.77 bits per heavy atom. The number of halogens is 1. The molecule has 138 valence electrons. The molecule has 0 aliphatic heterocycles. The monoisotopic (exact) mass is 486 g/mol. The first-order valence-electron chi connectivity index (χ1n) is 7.73. The van der Waals surface area contributed by atoms with Crippen LogP contribution in [0, 0.1) is 3.57 Å². The first-order valence-corrected chi connectivity index (χ1v) is 10.5. The molecule has 0 saturated carbocycles. The molecule has 8 heteroatoms. The van der Waals surface area contributed by atoms with Crippen molar-refractivity contribution in [1.82, 2.24) is 4.72 Å². The van der Waals surface area contributed by atoms with Gasteiger partial charge in [-0.2, -0.15) is 0 Å². The van der Waals surface area contributed by atoms with Crippen LogP contribution in [0.2, 0.25) is 0 Å².